The van der Waals surface area contributed by atoms with Gasteiger partial charge in [0, 0.05) is 49.4 Å². The van der Waals surface area contributed by atoms with Crippen molar-refractivity contribution in [1.82, 2.24) is 10.6 Å². The molecular weight excluding hydrogens is 440 g/mol. The van der Waals surface area contributed by atoms with E-state index in [1.54, 1.807) is 6.20 Å². The van der Waals surface area contributed by atoms with E-state index in [0.717, 1.165) is 44.1 Å². The molecule has 4 rings (SSSR count). The van der Waals surface area contributed by atoms with Gasteiger partial charge in [-0.15, -0.1) is 0 Å². The molecule has 1 atom stereocenters. The van der Waals surface area contributed by atoms with Gasteiger partial charge in [-0.1, -0.05) is 12.1 Å². The SMILES string of the molecule is NOC1=CNC(Nc2ccc(N3CCC(CCO)CC3)cc2)C=C1NCc1cccc(F)c1F. The van der Waals surface area contributed by atoms with Crippen LogP contribution in [0.5, 0.6) is 0 Å². The van der Waals surface area contributed by atoms with E-state index in [4.69, 9.17) is 15.8 Å². The second-order valence-corrected chi connectivity index (χ2v) is 8.55. The third-order valence-electron chi connectivity index (χ3n) is 6.33. The van der Waals surface area contributed by atoms with Crippen molar-refractivity contribution in [3.05, 3.63) is 83.4 Å². The molecule has 0 aromatic heterocycles. The molecule has 34 heavy (non-hydrogen) atoms. The van der Waals surface area contributed by atoms with E-state index in [9.17, 15) is 8.78 Å². The highest BCUT2D eigenvalue weighted by Crippen LogP contribution is 2.26. The second kappa shape index (κ2) is 11.2. The van der Waals surface area contributed by atoms with Crippen LogP contribution in [-0.2, 0) is 11.4 Å². The predicted octanol–water partition coefficient (Wildman–Crippen LogP) is 3.31. The minimum atomic E-state index is -0.887. The number of hydrogen-bond donors (Lipinski definition) is 5. The minimum Gasteiger partial charge on any atom is -0.408 e. The summed E-state index contributed by atoms with van der Waals surface area (Å²) in [4.78, 5) is 7.28. The number of aliphatic hydroxyl groups excluding tert-OH is 1. The Bertz CT molecular complexity index is 1020. The van der Waals surface area contributed by atoms with Crippen LogP contribution < -0.4 is 26.7 Å². The van der Waals surface area contributed by atoms with Crippen molar-refractivity contribution in [2.24, 2.45) is 11.8 Å². The molecule has 0 bridgehead atoms. The van der Waals surface area contributed by atoms with Crippen molar-refractivity contribution in [3.8, 4) is 0 Å². The Labute approximate surface area is 198 Å². The van der Waals surface area contributed by atoms with Gasteiger partial charge in [-0.2, -0.15) is 5.90 Å². The normalized spacial score (nSPS) is 18.6. The van der Waals surface area contributed by atoms with E-state index in [1.807, 2.05) is 18.2 Å². The van der Waals surface area contributed by atoms with Crippen molar-refractivity contribution in [3.63, 3.8) is 0 Å². The molecule has 1 unspecified atom stereocenters. The van der Waals surface area contributed by atoms with E-state index in [0.29, 0.717) is 17.4 Å². The summed E-state index contributed by atoms with van der Waals surface area (Å²) in [5.74, 6) is 4.57. The molecule has 182 valence electrons. The largest absolute Gasteiger partial charge is 0.408 e. The summed E-state index contributed by atoms with van der Waals surface area (Å²) < 4.78 is 27.5. The monoisotopic (exact) mass is 471 g/mol. The van der Waals surface area contributed by atoms with Gasteiger partial charge in [0.2, 0.25) is 0 Å². The van der Waals surface area contributed by atoms with Crippen LogP contribution in [0.4, 0.5) is 20.2 Å². The standard InChI is InChI=1S/C25H31F2N5O2/c26-21-3-1-2-18(25(21)27)15-29-22-14-24(30-16-23(22)34-28)31-19-4-6-20(7-5-19)32-11-8-17(9-12-32)10-13-33/h1-7,14,16-17,24,29-31,33H,8-13,15,28H2. The Hall–Kier alpha value is -3.30. The summed E-state index contributed by atoms with van der Waals surface area (Å²) in [6.07, 6.45) is 6.28. The van der Waals surface area contributed by atoms with Crippen molar-refractivity contribution in [1.29, 1.82) is 0 Å². The molecular formula is C25H31F2N5O2. The van der Waals surface area contributed by atoms with Gasteiger partial charge >= 0.3 is 0 Å². The molecule has 2 aliphatic heterocycles. The van der Waals surface area contributed by atoms with E-state index in [1.165, 1.54) is 17.8 Å². The molecule has 1 saturated heterocycles. The lowest BCUT2D eigenvalue weighted by Gasteiger charge is -2.33. The lowest BCUT2D eigenvalue weighted by Crippen LogP contribution is -2.37. The molecule has 0 saturated carbocycles. The quantitative estimate of drug-likeness (QED) is 0.358. The lowest BCUT2D eigenvalue weighted by atomic mass is 9.93. The maximum Gasteiger partial charge on any atom is 0.185 e. The number of benzene rings is 2. The summed E-state index contributed by atoms with van der Waals surface area (Å²) in [5.41, 5.74) is 2.87. The zero-order valence-electron chi connectivity index (χ0n) is 18.9. The number of hydrogen-bond acceptors (Lipinski definition) is 7. The van der Waals surface area contributed by atoms with Crippen LogP contribution in [-0.4, -0.2) is 31.0 Å². The van der Waals surface area contributed by atoms with E-state index < -0.39 is 11.6 Å². The Morgan fingerprint density at radius 1 is 1.12 bits per heavy atom. The van der Waals surface area contributed by atoms with E-state index in [-0.39, 0.29) is 24.9 Å². The highest BCUT2D eigenvalue weighted by atomic mass is 19.2. The number of nitrogens with one attached hydrogen (secondary N) is 3. The third kappa shape index (κ3) is 5.78. The van der Waals surface area contributed by atoms with E-state index >= 15 is 0 Å². The van der Waals surface area contributed by atoms with Gasteiger partial charge < -0.3 is 30.8 Å². The average molecular weight is 472 g/mol. The number of halogens is 2. The smallest absolute Gasteiger partial charge is 0.185 e. The van der Waals surface area contributed by atoms with Crippen molar-refractivity contribution in [2.75, 3.05) is 29.9 Å². The van der Waals surface area contributed by atoms with Gasteiger partial charge in [0.1, 0.15) is 6.17 Å². The van der Waals surface area contributed by atoms with Gasteiger partial charge in [-0.3, -0.25) is 0 Å². The molecule has 9 heteroatoms. The number of aliphatic hydroxyl groups is 1. The Balaban J connectivity index is 1.36. The highest BCUT2D eigenvalue weighted by Gasteiger charge is 2.20. The first-order valence-electron chi connectivity index (χ1n) is 11.5. The maximum atomic E-state index is 14.0. The minimum absolute atomic E-state index is 0.0759. The van der Waals surface area contributed by atoms with Gasteiger partial charge in [0.15, 0.2) is 17.4 Å². The predicted molar refractivity (Wildman–Crippen MR) is 128 cm³/mol. The summed E-state index contributed by atoms with van der Waals surface area (Å²) >= 11 is 0. The molecule has 0 amide bonds. The second-order valence-electron chi connectivity index (χ2n) is 8.55. The van der Waals surface area contributed by atoms with Crippen LogP contribution in [0.25, 0.3) is 0 Å². The molecule has 2 aromatic carbocycles. The number of piperidine rings is 1. The number of dihydropyridines is 1. The fraction of sp³-hybridized carbons (Fsp3) is 0.360. The fourth-order valence-electron chi connectivity index (χ4n) is 4.35. The number of nitrogens with zero attached hydrogens (tertiary/aromatic N) is 1. The van der Waals surface area contributed by atoms with Gasteiger partial charge in [-0.25, -0.2) is 8.78 Å². The molecule has 0 radical (unpaired) electrons. The summed E-state index contributed by atoms with van der Waals surface area (Å²) in [5, 5.41) is 18.7. The molecule has 0 spiro atoms. The van der Waals surface area contributed by atoms with Gasteiger partial charge in [0.05, 0.1) is 5.70 Å². The number of rotatable bonds is 9. The zero-order valence-corrected chi connectivity index (χ0v) is 18.9. The highest BCUT2D eigenvalue weighted by molar-refractivity contribution is 5.56. The van der Waals surface area contributed by atoms with Crippen LogP contribution in [0.15, 0.2) is 66.2 Å². The molecule has 6 N–H and O–H groups in total. The molecule has 0 aliphatic carbocycles. The first kappa shape index (κ1) is 23.8. The Kier molecular flexibility index (Phi) is 7.87. The molecule has 2 aliphatic rings. The van der Waals surface area contributed by atoms with Crippen LogP contribution in [0, 0.1) is 17.6 Å². The van der Waals surface area contributed by atoms with Gasteiger partial charge in [-0.05, 0) is 61.6 Å². The average Bonchev–Trinajstić information content (AvgIpc) is 2.86. The van der Waals surface area contributed by atoms with Crippen molar-refractivity contribution < 1.29 is 18.7 Å². The van der Waals surface area contributed by atoms with Crippen molar-refractivity contribution in [2.45, 2.75) is 32.0 Å². The fourth-order valence-corrected chi connectivity index (χ4v) is 4.35. The number of nitrogens with two attached hydrogens (primary N) is 1. The topological polar surface area (TPSA) is 94.8 Å². The zero-order chi connectivity index (χ0) is 23.9. The summed E-state index contributed by atoms with van der Waals surface area (Å²) in [6.45, 7) is 2.34. The van der Waals surface area contributed by atoms with Crippen LogP contribution in [0.3, 0.4) is 0 Å². The van der Waals surface area contributed by atoms with E-state index in [2.05, 4.69) is 33.0 Å². The molecule has 2 heterocycles. The number of anilines is 2. The lowest BCUT2D eigenvalue weighted by molar-refractivity contribution is 0.220. The van der Waals surface area contributed by atoms with Crippen LogP contribution in [0.1, 0.15) is 24.8 Å². The third-order valence-corrected chi connectivity index (χ3v) is 6.33. The summed E-state index contributed by atoms with van der Waals surface area (Å²) in [7, 11) is 0. The Morgan fingerprint density at radius 3 is 2.59 bits per heavy atom. The van der Waals surface area contributed by atoms with Crippen LogP contribution >= 0.6 is 0 Å². The van der Waals surface area contributed by atoms with Crippen LogP contribution in [0.2, 0.25) is 0 Å². The maximum absolute atomic E-state index is 14.0. The molecule has 7 nitrogen and oxygen atoms in total. The molecule has 1 fully saturated rings. The molecule has 2 aromatic rings. The first-order chi connectivity index (χ1) is 16.6. The summed E-state index contributed by atoms with van der Waals surface area (Å²) in [6, 6.07) is 12.3. The first-order valence-corrected chi connectivity index (χ1v) is 11.5. The Morgan fingerprint density at radius 2 is 1.88 bits per heavy atom. The van der Waals surface area contributed by atoms with Crippen molar-refractivity contribution >= 4 is 11.4 Å². The van der Waals surface area contributed by atoms with Gasteiger partial charge in [0.25, 0.3) is 0 Å².